The summed E-state index contributed by atoms with van der Waals surface area (Å²) in [6, 6.07) is 4.60. The number of amides is 3. The van der Waals surface area contributed by atoms with Crippen LogP contribution in [0.25, 0.3) is 0 Å². The van der Waals surface area contributed by atoms with Gasteiger partial charge in [-0.3, -0.25) is 4.79 Å². The van der Waals surface area contributed by atoms with E-state index >= 15 is 0 Å². The topological polar surface area (TPSA) is 61.4 Å². The molecule has 2 rings (SSSR count). The molecule has 0 aromatic heterocycles. The van der Waals surface area contributed by atoms with Crippen LogP contribution in [0.4, 0.5) is 18.0 Å². The molecule has 0 unspecified atom stereocenters. The number of nitrogens with one attached hydrogen (secondary N) is 2. The Balaban J connectivity index is 1.59. The average Bonchev–Trinajstić information content (AvgIpc) is 2.83. The van der Waals surface area contributed by atoms with Gasteiger partial charge in [0.05, 0.1) is 5.56 Å². The monoisotopic (exact) mass is 385 g/mol. The SMILES string of the molecule is O=C(NCCCN1CCCCCC1=O)NCCc1ccc(C(F)(F)F)cc1. The maximum atomic E-state index is 12.5. The molecule has 5 nitrogen and oxygen atoms in total. The van der Waals surface area contributed by atoms with Crippen LogP contribution in [0.1, 0.15) is 43.2 Å². The van der Waals surface area contributed by atoms with Crippen LogP contribution in [-0.4, -0.2) is 43.0 Å². The summed E-state index contributed by atoms with van der Waals surface area (Å²) in [5.41, 5.74) is 0.0443. The second-order valence-electron chi connectivity index (χ2n) is 6.67. The van der Waals surface area contributed by atoms with Gasteiger partial charge in [0.1, 0.15) is 0 Å². The van der Waals surface area contributed by atoms with Gasteiger partial charge in [0.15, 0.2) is 0 Å². The Morgan fingerprint density at radius 1 is 1.04 bits per heavy atom. The number of halogens is 3. The molecule has 0 radical (unpaired) electrons. The smallest absolute Gasteiger partial charge is 0.343 e. The van der Waals surface area contributed by atoms with Gasteiger partial charge in [0, 0.05) is 32.6 Å². The quantitative estimate of drug-likeness (QED) is 0.707. The second kappa shape index (κ2) is 10.2. The molecule has 2 N–H and O–H groups in total. The first-order chi connectivity index (χ1) is 12.9. The molecule has 1 aromatic carbocycles. The third kappa shape index (κ3) is 7.48. The van der Waals surface area contributed by atoms with E-state index in [1.807, 2.05) is 4.90 Å². The summed E-state index contributed by atoms with van der Waals surface area (Å²) in [4.78, 5) is 25.5. The van der Waals surface area contributed by atoms with Crippen LogP contribution in [-0.2, 0) is 17.4 Å². The first-order valence-electron chi connectivity index (χ1n) is 9.32. The van der Waals surface area contributed by atoms with E-state index in [0.717, 1.165) is 43.5 Å². The predicted octanol–water partition coefficient (Wildman–Crippen LogP) is 3.34. The summed E-state index contributed by atoms with van der Waals surface area (Å²) in [6.07, 6.45) is 0.485. The Morgan fingerprint density at radius 3 is 2.44 bits per heavy atom. The highest BCUT2D eigenvalue weighted by Crippen LogP contribution is 2.29. The van der Waals surface area contributed by atoms with E-state index in [2.05, 4.69) is 10.6 Å². The van der Waals surface area contributed by atoms with Gasteiger partial charge in [0.2, 0.25) is 5.91 Å². The third-order valence-electron chi connectivity index (χ3n) is 4.54. The van der Waals surface area contributed by atoms with Gasteiger partial charge < -0.3 is 15.5 Å². The largest absolute Gasteiger partial charge is 0.416 e. The van der Waals surface area contributed by atoms with Crippen LogP contribution < -0.4 is 10.6 Å². The number of benzene rings is 1. The lowest BCUT2D eigenvalue weighted by molar-refractivity contribution is -0.137. The van der Waals surface area contributed by atoms with Crippen molar-refractivity contribution in [2.24, 2.45) is 0 Å². The average molecular weight is 385 g/mol. The maximum absolute atomic E-state index is 12.5. The lowest BCUT2D eigenvalue weighted by Crippen LogP contribution is -2.39. The predicted molar refractivity (Wildman–Crippen MR) is 96.2 cm³/mol. The zero-order chi connectivity index (χ0) is 19.7. The van der Waals surface area contributed by atoms with Crippen LogP contribution in [0.15, 0.2) is 24.3 Å². The molecule has 1 aromatic rings. The molecule has 1 heterocycles. The minimum absolute atomic E-state index is 0.188. The van der Waals surface area contributed by atoms with Crippen molar-refractivity contribution >= 4 is 11.9 Å². The Kier molecular flexibility index (Phi) is 7.94. The number of urea groups is 1. The van der Waals surface area contributed by atoms with E-state index in [0.29, 0.717) is 38.9 Å². The minimum atomic E-state index is -4.34. The molecule has 1 aliphatic rings. The van der Waals surface area contributed by atoms with E-state index in [9.17, 15) is 22.8 Å². The van der Waals surface area contributed by atoms with Crippen LogP contribution in [0.3, 0.4) is 0 Å². The highest BCUT2D eigenvalue weighted by molar-refractivity contribution is 5.76. The van der Waals surface area contributed by atoms with E-state index in [4.69, 9.17) is 0 Å². The normalized spacial score (nSPS) is 15.4. The van der Waals surface area contributed by atoms with Crippen molar-refractivity contribution in [3.63, 3.8) is 0 Å². The molecule has 0 aliphatic carbocycles. The highest BCUT2D eigenvalue weighted by atomic mass is 19.4. The first-order valence-corrected chi connectivity index (χ1v) is 9.32. The number of carbonyl (C=O) groups excluding carboxylic acids is 2. The Labute approximate surface area is 157 Å². The Hall–Kier alpha value is -2.25. The molecule has 3 amide bonds. The van der Waals surface area contributed by atoms with Crippen molar-refractivity contribution in [1.82, 2.24) is 15.5 Å². The minimum Gasteiger partial charge on any atom is -0.343 e. The molecular weight excluding hydrogens is 359 g/mol. The van der Waals surface area contributed by atoms with Crippen molar-refractivity contribution in [3.8, 4) is 0 Å². The Bertz CT molecular complexity index is 618. The lowest BCUT2D eigenvalue weighted by Gasteiger charge is -2.20. The summed E-state index contributed by atoms with van der Waals surface area (Å²) in [5.74, 6) is 0.188. The summed E-state index contributed by atoms with van der Waals surface area (Å²) in [6.45, 7) is 2.24. The Morgan fingerprint density at radius 2 is 1.74 bits per heavy atom. The van der Waals surface area contributed by atoms with Gasteiger partial charge in [-0.25, -0.2) is 4.79 Å². The van der Waals surface area contributed by atoms with Gasteiger partial charge in [-0.1, -0.05) is 18.6 Å². The molecule has 1 fully saturated rings. The number of carbonyl (C=O) groups is 2. The molecule has 1 saturated heterocycles. The van der Waals surface area contributed by atoms with Crippen molar-refractivity contribution in [2.45, 2.75) is 44.7 Å². The van der Waals surface area contributed by atoms with E-state index < -0.39 is 11.7 Å². The van der Waals surface area contributed by atoms with Gasteiger partial charge in [-0.15, -0.1) is 0 Å². The number of nitrogens with zero attached hydrogens (tertiary/aromatic N) is 1. The third-order valence-corrected chi connectivity index (χ3v) is 4.54. The molecular formula is C19H26F3N3O2. The number of hydrogen-bond acceptors (Lipinski definition) is 2. The summed E-state index contributed by atoms with van der Waals surface area (Å²) in [5, 5.41) is 5.41. The molecule has 0 spiro atoms. The number of likely N-dealkylation sites (tertiary alicyclic amines) is 1. The van der Waals surface area contributed by atoms with E-state index in [-0.39, 0.29) is 11.9 Å². The van der Waals surface area contributed by atoms with Gasteiger partial charge in [-0.05, 0) is 43.4 Å². The fourth-order valence-electron chi connectivity index (χ4n) is 2.99. The van der Waals surface area contributed by atoms with E-state index in [1.165, 1.54) is 12.1 Å². The molecule has 0 bridgehead atoms. The lowest BCUT2D eigenvalue weighted by atomic mass is 10.1. The summed E-state index contributed by atoms with van der Waals surface area (Å²) >= 11 is 0. The van der Waals surface area contributed by atoms with Gasteiger partial charge in [-0.2, -0.15) is 13.2 Å². The van der Waals surface area contributed by atoms with Crippen molar-refractivity contribution in [2.75, 3.05) is 26.2 Å². The van der Waals surface area contributed by atoms with Crippen molar-refractivity contribution < 1.29 is 22.8 Å². The van der Waals surface area contributed by atoms with Crippen LogP contribution in [0.2, 0.25) is 0 Å². The van der Waals surface area contributed by atoms with Crippen molar-refractivity contribution in [3.05, 3.63) is 35.4 Å². The fraction of sp³-hybridized carbons (Fsp3) is 0.579. The molecule has 150 valence electrons. The summed E-state index contributed by atoms with van der Waals surface area (Å²) in [7, 11) is 0. The van der Waals surface area contributed by atoms with Crippen LogP contribution >= 0.6 is 0 Å². The summed E-state index contributed by atoms with van der Waals surface area (Å²) < 4.78 is 37.5. The molecule has 1 aliphatic heterocycles. The molecule has 8 heteroatoms. The standard InChI is InChI=1S/C19H26F3N3O2/c20-19(21,22)16-8-6-15(7-9-16)10-12-24-18(27)23-11-4-14-25-13-3-1-2-5-17(25)26/h6-9H,1-5,10-14H2,(H2,23,24,27). The number of alkyl halides is 3. The molecule has 0 saturated carbocycles. The number of hydrogen-bond donors (Lipinski definition) is 2. The molecule has 0 atom stereocenters. The zero-order valence-corrected chi connectivity index (χ0v) is 15.3. The first kappa shape index (κ1) is 21.1. The van der Waals surface area contributed by atoms with E-state index in [1.54, 1.807) is 0 Å². The fourth-order valence-corrected chi connectivity index (χ4v) is 2.99. The second-order valence-corrected chi connectivity index (χ2v) is 6.67. The van der Waals surface area contributed by atoms with Gasteiger partial charge in [0.25, 0.3) is 0 Å². The maximum Gasteiger partial charge on any atom is 0.416 e. The van der Waals surface area contributed by atoms with Crippen LogP contribution in [0.5, 0.6) is 0 Å². The van der Waals surface area contributed by atoms with Gasteiger partial charge >= 0.3 is 12.2 Å². The van der Waals surface area contributed by atoms with Crippen molar-refractivity contribution in [1.29, 1.82) is 0 Å². The zero-order valence-electron chi connectivity index (χ0n) is 15.3. The highest BCUT2D eigenvalue weighted by Gasteiger charge is 2.29. The van der Waals surface area contributed by atoms with Crippen LogP contribution in [0, 0.1) is 0 Å². The molecule has 27 heavy (non-hydrogen) atoms. The number of rotatable bonds is 7.